The molecular weight excluding hydrogens is 200 g/mol. The molecule has 0 amide bonds. The smallest absolute Gasteiger partial charge is 0.0594 e. The molecule has 1 saturated heterocycles. The van der Waals surface area contributed by atoms with E-state index in [9.17, 15) is 0 Å². The molecule has 0 spiro atoms. The lowest BCUT2D eigenvalue weighted by atomic mass is 10.3. The molecule has 84 valence electrons. The number of nitrogens with zero attached hydrogens (tertiary/aromatic N) is 2. The number of hydrogen-bond donors (Lipinski definition) is 0. The summed E-state index contributed by atoms with van der Waals surface area (Å²) in [5.74, 6) is 0. The number of morpholine rings is 1. The average molecular weight is 221 g/mol. The van der Waals surface area contributed by atoms with Crippen LogP contribution < -0.4 is 0 Å². The van der Waals surface area contributed by atoms with Gasteiger partial charge in [-0.05, 0) is 14.0 Å². The normalized spacial score (nSPS) is 21.4. The zero-order valence-corrected chi connectivity index (χ0v) is 9.96. The quantitative estimate of drug-likeness (QED) is 0.640. The molecule has 0 aliphatic carbocycles. The number of halogens is 1. The van der Waals surface area contributed by atoms with Crippen molar-refractivity contribution in [1.29, 1.82) is 0 Å². The molecule has 0 bridgehead atoms. The molecule has 3 nitrogen and oxygen atoms in total. The Kier molecular flexibility index (Phi) is 5.78. The second-order valence-electron chi connectivity index (χ2n) is 4.00. The molecule has 14 heavy (non-hydrogen) atoms. The van der Waals surface area contributed by atoms with Gasteiger partial charge < -0.3 is 9.64 Å². The highest BCUT2D eigenvalue weighted by molar-refractivity contribution is 6.20. The Labute approximate surface area is 92.0 Å². The van der Waals surface area contributed by atoms with E-state index in [-0.39, 0.29) is 5.38 Å². The van der Waals surface area contributed by atoms with Crippen LogP contribution in [0.15, 0.2) is 0 Å². The molecule has 1 aliphatic heterocycles. The molecule has 0 aromatic rings. The number of likely N-dealkylation sites (N-methyl/N-ethyl adjacent to an activating group) is 1. The van der Waals surface area contributed by atoms with Gasteiger partial charge in [0.1, 0.15) is 0 Å². The van der Waals surface area contributed by atoms with Gasteiger partial charge in [0.05, 0.1) is 13.2 Å². The van der Waals surface area contributed by atoms with Crippen molar-refractivity contribution in [2.75, 3.05) is 53.0 Å². The van der Waals surface area contributed by atoms with Crippen LogP contribution in [0.1, 0.15) is 6.92 Å². The van der Waals surface area contributed by atoms with Gasteiger partial charge in [0.15, 0.2) is 0 Å². The maximum absolute atomic E-state index is 5.92. The van der Waals surface area contributed by atoms with Gasteiger partial charge in [0.2, 0.25) is 0 Å². The fraction of sp³-hybridized carbons (Fsp3) is 1.00. The number of ether oxygens (including phenoxy) is 1. The molecule has 0 radical (unpaired) electrons. The van der Waals surface area contributed by atoms with E-state index in [0.29, 0.717) is 0 Å². The van der Waals surface area contributed by atoms with Crippen molar-refractivity contribution >= 4 is 11.6 Å². The third-order valence-electron chi connectivity index (χ3n) is 2.46. The van der Waals surface area contributed by atoms with Crippen molar-refractivity contribution < 1.29 is 4.74 Å². The van der Waals surface area contributed by atoms with Crippen LogP contribution in [0.2, 0.25) is 0 Å². The molecule has 4 heteroatoms. The zero-order chi connectivity index (χ0) is 10.4. The van der Waals surface area contributed by atoms with Crippen LogP contribution >= 0.6 is 11.6 Å². The van der Waals surface area contributed by atoms with Gasteiger partial charge >= 0.3 is 0 Å². The highest BCUT2D eigenvalue weighted by Gasteiger charge is 2.11. The number of alkyl halides is 1. The largest absolute Gasteiger partial charge is 0.379 e. The topological polar surface area (TPSA) is 15.7 Å². The van der Waals surface area contributed by atoms with E-state index in [1.165, 1.54) is 0 Å². The van der Waals surface area contributed by atoms with Crippen molar-refractivity contribution in [3.63, 3.8) is 0 Å². The van der Waals surface area contributed by atoms with Gasteiger partial charge in [0.25, 0.3) is 0 Å². The second-order valence-corrected chi connectivity index (χ2v) is 4.74. The minimum absolute atomic E-state index is 0.240. The summed E-state index contributed by atoms with van der Waals surface area (Å²) in [5, 5.41) is 0.240. The molecular formula is C10H21ClN2O. The van der Waals surface area contributed by atoms with Crippen LogP contribution in [-0.4, -0.2) is 68.2 Å². The lowest BCUT2D eigenvalue weighted by molar-refractivity contribution is 0.0345. The van der Waals surface area contributed by atoms with Crippen molar-refractivity contribution in [1.82, 2.24) is 9.80 Å². The minimum Gasteiger partial charge on any atom is -0.379 e. The molecule has 1 heterocycles. The van der Waals surface area contributed by atoms with Crippen LogP contribution in [0.3, 0.4) is 0 Å². The third-order valence-corrected chi connectivity index (χ3v) is 2.60. The summed E-state index contributed by atoms with van der Waals surface area (Å²) in [7, 11) is 2.12. The van der Waals surface area contributed by atoms with Crippen molar-refractivity contribution in [2.24, 2.45) is 0 Å². The van der Waals surface area contributed by atoms with Crippen LogP contribution in [0.5, 0.6) is 0 Å². The minimum atomic E-state index is 0.240. The van der Waals surface area contributed by atoms with Crippen molar-refractivity contribution in [3.05, 3.63) is 0 Å². The standard InChI is InChI=1S/C10H21ClN2O/c1-10(11)9-12(2)3-4-13-5-7-14-8-6-13/h10H,3-9H2,1-2H3. The van der Waals surface area contributed by atoms with Crippen molar-refractivity contribution in [3.8, 4) is 0 Å². The highest BCUT2D eigenvalue weighted by atomic mass is 35.5. The monoisotopic (exact) mass is 220 g/mol. The molecule has 1 fully saturated rings. The second kappa shape index (κ2) is 6.62. The predicted molar refractivity (Wildman–Crippen MR) is 60.1 cm³/mol. The first kappa shape index (κ1) is 12.2. The Morgan fingerprint density at radius 3 is 2.64 bits per heavy atom. The Morgan fingerprint density at radius 2 is 2.07 bits per heavy atom. The highest BCUT2D eigenvalue weighted by Crippen LogP contribution is 1.99. The lowest BCUT2D eigenvalue weighted by Crippen LogP contribution is -2.41. The van der Waals surface area contributed by atoms with E-state index in [1.807, 2.05) is 6.92 Å². The number of hydrogen-bond acceptors (Lipinski definition) is 3. The molecule has 0 saturated carbocycles. The summed E-state index contributed by atoms with van der Waals surface area (Å²) in [6.07, 6.45) is 0. The van der Waals surface area contributed by atoms with Gasteiger partial charge in [-0.25, -0.2) is 0 Å². The van der Waals surface area contributed by atoms with E-state index in [1.54, 1.807) is 0 Å². The molecule has 1 unspecified atom stereocenters. The van der Waals surface area contributed by atoms with Crippen LogP contribution in [0, 0.1) is 0 Å². The van der Waals surface area contributed by atoms with Gasteiger partial charge in [-0.3, -0.25) is 4.90 Å². The van der Waals surface area contributed by atoms with E-state index < -0.39 is 0 Å². The van der Waals surface area contributed by atoms with Gasteiger partial charge in [-0.1, -0.05) is 0 Å². The Hall–Kier alpha value is 0.170. The maximum Gasteiger partial charge on any atom is 0.0594 e. The van der Waals surface area contributed by atoms with E-state index in [4.69, 9.17) is 16.3 Å². The van der Waals surface area contributed by atoms with Gasteiger partial charge in [-0.15, -0.1) is 11.6 Å². The SMILES string of the molecule is CC(Cl)CN(C)CCN1CCOCC1. The predicted octanol–water partition coefficient (Wildman–Crippen LogP) is 0.878. The molecule has 0 aromatic heterocycles. The summed E-state index contributed by atoms with van der Waals surface area (Å²) in [4.78, 5) is 4.73. The molecule has 1 rings (SSSR count). The molecule has 0 N–H and O–H groups in total. The van der Waals surface area contributed by atoms with Crippen LogP contribution in [-0.2, 0) is 4.74 Å². The van der Waals surface area contributed by atoms with Crippen molar-refractivity contribution in [2.45, 2.75) is 12.3 Å². The van der Waals surface area contributed by atoms with Crippen LogP contribution in [0.4, 0.5) is 0 Å². The Morgan fingerprint density at radius 1 is 1.43 bits per heavy atom. The van der Waals surface area contributed by atoms with Gasteiger partial charge in [0, 0.05) is 38.1 Å². The summed E-state index contributed by atoms with van der Waals surface area (Å²) < 4.78 is 5.29. The van der Waals surface area contributed by atoms with Gasteiger partial charge in [-0.2, -0.15) is 0 Å². The Balaban J connectivity index is 2.06. The van der Waals surface area contributed by atoms with Crippen LogP contribution in [0.25, 0.3) is 0 Å². The first-order valence-corrected chi connectivity index (χ1v) is 5.75. The van der Waals surface area contributed by atoms with E-state index in [0.717, 1.165) is 45.9 Å². The summed E-state index contributed by atoms with van der Waals surface area (Å²) in [6, 6.07) is 0. The molecule has 0 aromatic carbocycles. The number of rotatable bonds is 5. The van der Waals surface area contributed by atoms with E-state index >= 15 is 0 Å². The summed E-state index contributed by atoms with van der Waals surface area (Å²) >= 11 is 5.92. The zero-order valence-electron chi connectivity index (χ0n) is 9.21. The first-order chi connectivity index (χ1) is 6.68. The summed E-state index contributed by atoms with van der Waals surface area (Å²) in [6.45, 7) is 9.14. The average Bonchev–Trinajstić information content (AvgIpc) is 2.15. The summed E-state index contributed by atoms with van der Waals surface area (Å²) in [5.41, 5.74) is 0. The lowest BCUT2D eigenvalue weighted by Gasteiger charge is -2.28. The molecule has 1 aliphatic rings. The fourth-order valence-electron chi connectivity index (χ4n) is 1.66. The maximum atomic E-state index is 5.92. The Bertz CT molecular complexity index is 149. The van der Waals surface area contributed by atoms with E-state index in [2.05, 4.69) is 16.8 Å². The fourth-order valence-corrected chi connectivity index (χ4v) is 1.89. The third kappa shape index (κ3) is 5.15. The molecule has 1 atom stereocenters. The first-order valence-electron chi connectivity index (χ1n) is 5.31.